The van der Waals surface area contributed by atoms with Crippen molar-refractivity contribution in [3.63, 3.8) is 0 Å². The summed E-state index contributed by atoms with van der Waals surface area (Å²) in [6, 6.07) is 0.423. The number of carboxylic acid groups (broad SMARTS) is 3. The van der Waals surface area contributed by atoms with Gasteiger partial charge in [-0.3, -0.25) is 9.59 Å². The zero-order valence-electron chi connectivity index (χ0n) is 25.9. The highest BCUT2D eigenvalue weighted by molar-refractivity contribution is 5.88. The lowest BCUT2D eigenvalue weighted by molar-refractivity contribution is -0.170. The van der Waals surface area contributed by atoms with Crippen LogP contribution in [0, 0.1) is 46.3 Å². The number of carbonyl (C=O) groups is 3. The van der Waals surface area contributed by atoms with Crippen molar-refractivity contribution in [1.82, 2.24) is 0 Å². The van der Waals surface area contributed by atoms with E-state index in [0.29, 0.717) is 16.9 Å². The molecule has 0 aliphatic heterocycles. The molecule has 0 aromatic heterocycles. The van der Waals surface area contributed by atoms with Gasteiger partial charge in [-0.15, -0.1) is 0 Å². The highest BCUT2D eigenvalue weighted by Crippen LogP contribution is 2.67. The molecule has 41 heavy (non-hydrogen) atoms. The van der Waals surface area contributed by atoms with Gasteiger partial charge in [0, 0.05) is 6.04 Å². The molecule has 234 valence electrons. The first kappa shape index (κ1) is 33.6. The Morgan fingerprint density at radius 2 is 1.59 bits per heavy atom. The van der Waals surface area contributed by atoms with Crippen LogP contribution in [0.1, 0.15) is 118 Å². The van der Waals surface area contributed by atoms with E-state index in [1.165, 1.54) is 70.6 Å². The van der Waals surface area contributed by atoms with E-state index in [9.17, 15) is 14.4 Å². The van der Waals surface area contributed by atoms with E-state index in [4.69, 9.17) is 26.2 Å². The third-order valence-electron chi connectivity index (χ3n) is 11.6. The summed E-state index contributed by atoms with van der Waals surface area (Å²) in [5.41, 5.74) is 6.44. The fraction of sp³-hybridized carbons (Fsp3) is 0.848. The van der Waals surface area contributed by atoms with Gasteiger partial charge in [0.2, 0.25) is 0 Å². The maximum atomic E-state index is 10.3. The van der Waals surface area contributed by atoms with Crippen molar-refractivity contribution in [2.24, 2.45) is 52.1 Å². The van der Waals surface area contributed by atoms with Gasteiger partial charge >= 0.3 is 17.9 Å². The largest absolute Gasteiger partial charge is 0.481 e. The Kier molecular flexibility index (Phi) is 10.8. The van der Waals surface area contributed by atoms with Crippen LogP contribution in [-0.2, 0) is 14.4 Å². The Morgan fingerprint density at radius 3 is 2.15 bits per heavy atom. The fourth-order valence-corrected chi connectivity index (χ4v) is 9.43. The zero-order valence-corrected chi connectivity index (χ0v) is 25.9. The molecule has 0 aromatic rings. The van der Waals surface area contributed by atoms with Crippen LogP contribution in [0.3, 0.4) is 0 Å². The number of aliphatic carboxylic acids is 3. The van der Waals surface area contributed by atoms with Crippen LogP contribution in [-0.4, -0.2) is 50.0 Å². The van der Waals surface area contributed by atoms with E-state index in [2.05, 4.69) is 40.7 Å². The molecule has 4 aliphatic carbocycles. The number of nitrogens with two attached hydrogens (primary N) is 1. The normalized spacial score (nSPS) is 35.2. The maximum absolute atomic E-state index is 10.3. The Morgan fingerprint density at radius 1 is 0.951 bits per heavy atom. The predicted octanol–water partition coefficient (Wildman–Crippen LogP) is 6.11. The Hall–Kier alpha value is -1.93. The summed E-state index contributed by atoms with van der Waals surface area (Å²) in [5, 5.41) is 33.8. The van der Waals surface area contributed by atoms with Crippen LogP contribution in [0.25, 0.3) is 0 Å². The molecule has 0 radical (unpaired) electrons. The molecule has 3 saturated carbocycles. The van der Waals surface area contributed by atoms with Gasteiger partial charge in [0.15, 0.2) is 5.60 Å². The third kappa shape index (κ3) is 7.35. The predicted molar refractivity (Wildman–Crippen MR) is 158 cm³/mol. The van der Waals surface area contributed by atoms with Crippen molar-refractivity contribution in [2.75, 3.05) is 0 Å². The number of allylic oxidation sites excluding steroid dienone is 1. The molecule has 4 aliphatic rings. The molecule has 0 saturated heterocycles. The molecule has 0 unspecified atom stereocenters. The molecule has 0 bridgehead atoms. The van der Waals surface area contributed by atoms with Crippen molar-refractivity contribution in [1.29, 1.82) is 0 Å². The van der Waals surface area contributed by atoms with Gasteiger partial charge < -0.3 is 26.2 Å². The van der Waals surface area contributed by atoms with Gasteiger partial charge in [-0.25, -0.2) is 4.79 Å². The summed E-state index contributed by atoms with van der Waals surface area (Å²) in [5.74, 6) is 0.611. The first-order valence-electron chi connectivity index (χ1n) is 15.9. The van der Waals surface area contributed by atoms with E-state index in [0.717, 1.165) is 35.5 Å². The molecule has 0 heterocycles. The summed E-state index contributed by atoms with van der Waals surface area (Å²) in [7, 11) is 0. The van der Waals surface area contributed by atoms with E-state index < -0.39 is 36.4 Å². The van der Waals surface area contributed by atoms with Crippen molar-refractivity contribution in [2.45, 2.75) is 130 Å². The van der Waals surface area contributed by atoms with E-state index in [-0.39, 0.29) is 0 Å². The summed E-state index contributed by atoms with van der Waals surface area (Å²) in [4.78, 5) is 30.5. The highest BCUT2D eigenvalue weighted by atomic mass is 16.4. The minimum atomic E-state index is -2.74. The topological polar surface area (TPSA) is 158 Å². The minimum absolute atomic E-state index is 0.423. The van der Waals surface area contributed by atoms with Crippen molar-refractivity contribution in [3.05, 3.63) is 11.6 Å². The van der Waals surface area contributed by atoms with Crippen molar-refractivity contribution in [3.8, 4) is 0 Å². The summed E-state index contributed by atoms with van der Waals surface area (Å²) in [6.45, 7) is 12.7. The molecule has 3 fully saturated rings. The lowest BCUT2D eigenvalue weighted by Crippen LogP contribution is -2.51. The molecule has 0 spiro atoms. The van der Waals surface area contributed by atoms with Crippen molar-refractivity contribution >= 4 is 17.9 Å². The van der Waals surface area contributed by atoms with E-state index >= 15 is 0 Å². The summed E-state index contributed by atoms with van der Waals surface area (Å²) in [6.07, 6.45) is 15.8. The lowest BCUT2D eigenvalue weighted by Gasteiger charge is -2.58. The highest BCUT2D eigenvalue weighted by Gasteiger charge is 2.59. The number of hydrogen-bond donors (Lipinski definition) is 5. The first-order valence-corrected chi connectivity index (χ1v) is 15.9. The van der Waals surface area contributed by atoms with E-state index in [1.807, 2.05) is 0 Å². The Bertz CT molecular complexity index is 976. The minimum Gasteiger partial charge on any atom is -0.481 e. The second kappa shape index (κ2) is 13.2. The molecular weight excluding hydrogens is 522 g/mol. The monoisotopic (exact) mass is 577 g/mol. The van der Waals surface area contributed by atoms with Crippen LogP contribution in [0.5, 0.6) is 0 Å². The molecule has 0 aromatic carbocycles. The zero-order chi connectivity index (χ0) is 30.8. The second-order valence-corrected chi connectivity index (χ2v) is 14.8. The maximum Gasteiger partial charge on any atom is 0.336 e. The molecule has 6 N–H and O–H groups in total. The van der Waals surface area contributed by atoms with Crippen LogP contribution in [0.4, 0.5) is 0 Å². The van der Waals surface area contributed by atoms with Crippen LogP contribution in [0.2, 0.25) is 0 Å². The van der Waals surface area contributed by atoms with Gasteiger partial charge in [-0.1, -0.05) is 65.5 Å². The smallest absolute Gasteiger partial charge is 0.336 e. The Labute approximate surface area is 246 Å². The number of aliphatic hydroxyl groups is 1. The third-order valence-corrected chi connectivity index (χ3v) is 11.6. The molecule has 8 atom stereocenters. The average molecular weight is 578 g/mol. The summed E-state index contributed by atoms with van der Waals surface area (Å²) < 4.78 is 0. The van der Waals surface area contributed by atoms with Crippen LogP contribution < -0.4 is 5.73 Å². The first-order chi connectivity index (χ1) is 19.0. The van der Waals surface area contributed by atoms with Gasteiger partial charge in [0.1, 0.15) is 0 Å². The van der Waals surface area contributed by atoms with Crippen LogP contribution in [0.15, 0.2) is 11.6 Å². The van der Waals surface area contributed by atoms with Gasteiger partial charge in [0.05, 0.1) is 12.8 Å². The molecule has 4 rings (SSSR count). The van der Waals surface area contributed by atoms with Gasteiger partial charge in [-0.2, -0.15) is 0 Å². The van der Waals surface area contributed by atoms with Crippen molar-refractivity contribution < 1.29 is 34.8 Å². The quantitative estimate of drug-likeness (QED) is 0.195. The molecule has 8 nitrogen and oxygen atoms in total. The second-order valence-electron chi connectivity index (χ2n) is 14.8. The van der Waals surface area contributed by atoms with E-state index in [1.54, 1.807) is 5.57 Å². The molecule has 8 heteroatoms. The Balaban J connectivity index is 0.000000302. The summed E-state index contributed by atoms with van der Waals surface area (Å²) >= 11 is 0. The lowest BCUT2D eigenvalue weighted by atomic mass is 9.47. The average Bonchev–Trinajstić information content (AvgIpc) is 3.21. The number of hydrogen-bond acceptors (Lipinski definition) is 5. The van der Waals surface area contributed by atoms with Gasteiger partial charge in [0.25, 0.3) is 0 Å². The molecule has 0 amide bonds. The van der Waals surface area contributed by atoms with Crippen LogP contribution >= 0.6 is 0 Å². The SMILES string of the molecule is CC(C)CCC[C@@H](C)[C@H]1CC[C@H]2[C@@H]3CC=C4C[C@H](N)CC[C@]4(C)[C@H]3CC[C@]12C.O=C(O)CC(O)(CC(=O)O)C(=O)O. The molecular formula is C33H55NO7. The number of rotatable bonds is 10. The number of carboxylic acids is 3. The fourth-order valence-electron chi connectivity index (χ4n) is 9.43. The standard InChI is InChI=1S/C27H47N.C6H8O7/c1-18(2)7-6-8-19(3)23-11-12-24-22-10-9-20-17-21(28)13-15-26(20,4)25(22)14-16-27(23,24)5;7-3(8)1-6(13,5(11)12)2-4(9)10/h9,18-19,21-25H,6-8,10-17,28H2,1-5H3;13H,1-2H2,(H,7,8)(H,9,10)(H,11,12)/t19-,21-,22+,23-,24+,25+,26+,27-;/m1./s1. The van der Waals surface area contributed by atoms with Gasteiger partial charge in [-0.05, 0) is 97.7 Å². The number of fused-ring (bicyclic) bond motifs is 5.